The van der Waals surface area contributed by atoms with Gasteiger partial charge in [0.2, 0.25) is 5.88 Å². The molecule has 5 nitrogen and oxygen atoms in total. The average Bonchev–Trinajstić information content (AvgIpc) is 3.02. The molecule has 2 aromatic carbocycles. The molecule has 1 aliphatic heterocycles. The molecule has 158 valence electrons. The molecule has 4 aromatic rings. The second-order valence-electron chi connectivity index (χ2n) is 9.21. The van der Waals surface area contributed by atoms with Crippen LogP contribution in [-0.4, -0.2) is 32.8 Å². The van der Waals surface area contributed by atoms with E-state index in [1.54, 1.807) is 0 Å². The summed E-state index contributed by atoms with van der Waals surface area (Å²) in [7, 11) is 0. The predicted octanol–water partition coefficient (Wildman–Crippen LogP) is 5.11. The fraction of sp³-hybridized carbons (Fsp3) is 0.308. The van der Waals surface area contributed by atoms with Crippen LogP contribution in [0.1, 0.15) is 37.6 Å². The third-order valence-corrected chi connectivity index (χ3v) is 5.70. The van der Waals surface area contributed by atoms with Crippen LogP contribution < -0.4 is 4.74 Å². The molecule has 0 unspecified atom stereocenters. The highest BCUT2D eigenvalue weighted by atomic mass is 16.5. The van der Waals surface area contributed by atoms with Gasteiger partial charge in [0.05, 0.1) is 11.4 Å². The third-order valence-electron chi connectivity index (χ3n) is 5.70. The summed E-state index contributed by atoms with van der Waals surface area (Å²) < 4.78 is 8.07. The van der Waals surface area contributed by atoms with Crippen LogP contribution in [0.25, 0.3) is 16.7 Å². The fourth-order valence-corrected chi connectivity index (χ4v) is 4.18. The van der Waals surface area contributed by atoms with Gasteiger partial charge in [0.25, 0.3) is 0 Å². The molecule has 0 saturated carbocycles. The first kappa shape index (κ1) is 19.8. The minimum atomic E-state index is -0.0937. The van der Waals surface area contributed by atoms with E-state index in [9.17, 15) is 0 Å². The van der Waals surface area contributed by atoms with E-state index in [-0.39, 0.29) is 5.41 Å². The largest absolute Gasteiger partial charge is 0.476 e. The maximum absolute atomic E-state index is 6.12. The van der Waals surface area contributed by atoms with Gasteiger partial charge < -0.3 is 4.74 Å². The smallest absolute Gasteiger partial charge is 0.220 e. The average molecular weight is 413 g/mol. The highest BCUT2D eigenvalue weighted by Gasteiger charge is 2.27. The number of nitrogens with zero attached hydrogens (tertiary/aromatic N) is 4. The van der Waals surface area contributed by atoms with E-state index < -0.39 is 0 Å². The molecule has 5 rings (SSSR count). The summed E-state index contributed by atoms with van der Waals surface area (Å²) in [5.74, 6) is 0.723. The molecular formula is C26H28N4O. The maximum Gasteiger partial charge on any atom is 0.220 e. The summed E-state index contributed by atoms with van der Waals surface area (Å²) in [5.41, 5.74) is 5.26. The van der Waals surface area contributed by atoms with Crippen molar-refractivity contribution in [1.29, 1.82) is 0 Å². The normalized spacial score (nSPS) is 14.8. The number of hydrogen-bond acceptors (Lipinski definition) is 4. The number of fused-ring (bicyclic) bond motifs is 2. The zero-order valence-corrected chi connectivity index (χ0v) is 18.4. The van der Waals surface area contributed by atoms with Gasteiger partial charge in [0.15, 0.2) is 5.65 Å². The molecule has 0 aliphatic carbocycles. The number of aromatic nitrogens is 3. The van der Waals surface area contributed by atoms with E-state index in [1.807, 2.05) is 22.9 Å². The number of hydrogen-bond donors (Lipinski definition) is 0. The quantitative estimate of drug-likeness (QED) is 0.469. The van der Waals surface area contributed by atoms with E-state index >= 15 is 0 Å². The van der Waals surface area contributed by atoms with Gasteiger partial charge in [0, 0.05) is 36.0 Å². The van der Waals surface area contributed by atoms with Crippen molar-refractivity contribution < 1.29 is 4.74 Å². The fourth-order valence-electron chi connectivity index (χ4n) is 4.18. The van der Waals surface area contributed by atoms with Gasteiger partial charge >= 0.3 is 0 Å². The molecule has 5 heteroatoms. The molecule has 0 saturated heterocycles. The highest BCUT2D eigenvalue weighted by Crippen LogP contribution is 2.34. The Morgan fingerprint density at radius 1 is 0.968 bits per heavy atom. The van der Waals surface area contributed by atoms with Crippen molar-refractivity contribution in [3.63, 3.8) is 0 Å². The van der Waals surface area contributed by atoms with Crippen LogP contribution in [0.2, 0.25) is 0 Å². The van der Waals surface area contributed by atoms with Gasteiger partial charge in [-0.15, -0.1) is 0 Å². The zero-order valence-electron chi connectivity index (χ0n) is 18.4. The molecule has 0 bridgehead atoms. The Bertz CT molecular complexity index is 1190. The third kappa shape index (κ3) is 3.93. The summed E-state index contributed by atoms with van der Waals surface area (Å²) in [4.78, 5) is 7.40. The van der Waals surface area contributed by atoms with E-state index in [0.717, 1.165) is 53.5 Å². The van der Waals surface area contributed by atoms with Gasteiger partial charge in [-0.2, -0.15) is 10.1 Å². The standard InChI is InChI=1S/C26H28N4O/c1-26(2,3)23-22-16-20-18-29(17-19-10-6-4-7-11-19)14-15-31-25(20)27-24(22)30(28-23)21-12-8-5-9-13-21/h4-13,16H,14-15,17-18H2,1-3H3. The van der Waals surface area contributed by atoms with Crippen LogP contribution in [0.15, 0.2) is 66.7 Å². The van der Waals surface area contributed by atoms with Gasteiger partial charge in [-0.3, -0.25) is 4.90 Å². The van der Waals surface area contributed by atoms with Crippen molar-refractivity contribution in [1.82, 2.24) is 19.7 Å². The molecule has 3 heterocycles. The van der Waals surface area contributed by atoms with E-state index in [4.69, 9.17) is 14.8 Å². The summed E-state index contributed by atoms with van der Waals surface area (Å²) in [6.07, 6.45) is 0. The molecule has 2 aromatic heterocycles. The Morgan fingerprint density at radius 2 is 1.68 bits per heavy atom. The van der Waals surface area contributed by atoms with Gasteiger partial charge in [0.1, 0.15) is 6.61 Å². The first-order valence-electron chi connectivity index (χ1n) is 10.9. The Balaban J connectivity index is 1.59. The molecule has 0 spiro atoms. The Hall–Kier alpha value is -3.18. The van der Waals surface area contributed by atoms with Gasteiger partial charge in [-0.25, -0.2) is 4.68 Å². The lowest BCUT2D eigenvalue weighted by molar-refractivity contribution is 0.217. The van der Waals surface area contributed by atoms with Gasteiger partial charge in [-0.1, -0.05) is 69.3 Å². The predicted molar refractivity (Wildman–Crippen MR) is 124 cm³/mol. The minimum Gasteiger partial charge on any atom is -0.476 e. The summed E-state index contributed by atoms with van der Waals surface area (Å²) in [6.45, 7) is 9.82. The lowest BCUT2D eigenvalue weighted by atomic mass is 9.90. The first-order chi connectivity index (χ1) is 15.0. The highest BCUT2D eigenvalue weighted by molar-refractivity contribution is 5.82. The van der Waals surface area contributed by atoms with Crippen LogP contribution in [0.3, 0.4) is 0 Å². The Labute approximate surface area is 183 Å². The molecule has 1 aliphatic rings. The summed E-state index contributed by atoms with van der Waals surface area (Å²) >= 11 is 0. The van der Waals surface area contributed by atoms with Crippen LogP contribution in [0.4, 0.5) is 0 Å². The molecule has 0 radical (unpaired) electrons. The van der Waals surface area contributed by atoms with Crippen LogP contribution in [-0.2, 0) is 18.5 Å². The lowest BCUT2D eigenvalue weighted by Gasteiger charge is -2.19. The second-order valence-corrected chi connectivity index (χ2v) is 9.21. The number of ether oxygens (including phenoxy) is 1. The SMILES string of the molecule is CC(C)(C)c1nn(-c2ccccc2)c2nc3c(cc12)CN(Cc1ccccc1)CCO3. The molecule has 0 N–H and O–H groups in total. The van der Waals surface area contributed by atoms with Crippen LogP contribution in [0.5, 0.6) is 5.88 Å². The van der Waals surface area contributed by atoms with Crippen LogP contribution >= 0.6 is 0 Å². The van der Waals surface area contributed by atoms with Crippen molar-refractivity contribution in [2.24, 2.45) is 0 Å². The molecule has 0 atom stereocenters. The summed E-state index contributed by atoms with van der Waals surface area (Å²) in [5, 5.41) is 6.09. The molecule has 0 amide bonds. The Kier molecular flexibility index (Phi) is 4.98. The van der Waals surface area contributed by atoms with Crippen molar-refractivity contribution in [3.05, 3.63) is 83.6 Å². The second kappa shape index (κ2) is 7.82. The van der Waals surface area contributed by atoms with Crippen molar-refractivity contribution in [2.75, 3.05) is 13.2 Å². The molecule has 0 fully saturated rings. The summed E-state index contributed by atoms with van der Waals surface area (Å²) in [6, 6.07) is 23.0. The first-order valence-corrected chi connectivity index (χ1v) is 10.9. The van der Waals surface area contributed by atoms with E-state index in [0.29, 0.717) is 6.61 Å². The molecular weight excluding hydrogens is 384 g/mol. The number of para-hydroxylation sites is 1. The zero-order chi connectivity index (χ0) is 21.4. The van der Waals surface area contributed by atoms with Crippen LogP contribution in [0, 0.1) is 0 Å². The molecule has 31 heavy (non-hydrogen) atoms. The van der Waals surface area contributed by atoms with E-state index in [1.165, 1.54) is 5.56 Å². The number of benzene rings is 2. The minimum absolute atomic E-state index is 0.0937. The lowest BCUT2D eigenvalue weighted by Crippen LogP contribution is -2.25. The van der Waals surface area contributed by atoms with Crippen molar-refractivity contribution >= 4 is 11.0 Å². The maximum atomic E-state index is 6.12. The van der Waals surface area contributed by atoms with Gasteiger partial charge in [-0.05, 0) is 23.8 Å². The number of pyridine rings is 1. The van der Waals surface area contributed by atoms with Crippen molar-refractivity contribution in [2.45, 2.75) is 39.3 Å². The monoisotopic (exact) mass is 412 g/mol. The number of rotatable bonds is 3. The van der Waals surface area contributed by atoms with E-state index in [2.05, 4.69) is 74.2 Å². The topological polar surface area (TPSA) is 43.2 Å². The Morgan fingerprint density at radius 3 is 2.39 bits per heavy atom. The van der Waals surface area contributed by atoms with Crippen molar-refractivity contribution in [3.8, 4) is 11.6 Å².